The number of rotatable bonds is 5. The molecule has 7 nitrogen and oxygen atoms in total. The second-order valence-corrected chi connectivity index (χ2v) is 5.50. The maximum absolute atomic E-state index is 12.1. The third kappa shape index (κ3) is 2.63. The van der Waals surface area contributed by atoms with Crippen molar-refractivity contribution >= 4 is 16.0 Å². The normalized spacial score (nSPS) is 11.4. The van der Waals surface area contributed by atoms with Gasteiger partial charge in [-0.25, -0.2) is 9.63 Å². The van der Waals surface area contributed by atoms with Crippen molar-refractivity contribution in [3.63, 3.8) is 0 Å². The minimum atomic E-state index is -3.80. The average molecular weight is 283 g/mol. The van der Waals surface area contributed by atoms with Gasteiger partial charge in [0.15, 0.2) is 0 Å². The summed E-state index contributed by atoms with van der Waals surface area (Å²) in [6.07, 6.45) is 4.37. The van der Waals surface area contributed by atoms with E-state index in [-0.39, 0.29) is 10.6 Å². The lowest BCUT2D eigenvalue weighted by Gasteiger charge is -2.06. The van der Waals surface area contributed by atoms with Gasteiger partial charge in [0.2, 0.25) is 0 Å². The van der Waals surface area contributed by atoms with Crippen LogP contribution >= 0.6 is 0 Å². The number of nitrogens with zero attached hydrogens (tertiary/aromatic N) is 2. The molecule has 0 spiro atoms. The van der Waals surface area contributed by atoms with Crippen molar-refractivity contribution in [3.8, 4) is 0 Å². The Bertz CT molecular complexity index is 686. The van der Waals surface area contributed by atoms with Crippen LogP contribution in [0.5, 0.6) is 0 Å². The van der Waals surface area contributed by atoms with E-state index in [0.717, 1.165) is 6.07 Å². The topological polar surface area (TPSA) is 93.3 Å². The number of carboxylic acids is 1. The Labute approximate surface area is 110 Å². The fraction of sp³-hybridized carbons (Fsp3) is 0.182. The van der Waals surface area contributed by atoms with E-state index in [1.807, 2.05) is 0 Å². The monoisotopic (exact) mass is 283 g/mol. The molecule has 19 heavy (non-hydrogen) atoms. The van der Waals surface area contributed by atoms with Crippen molar-refractivity contribution in [1.82, 2.24) is 9.24 Å². The van der Waals surface area contributed by atoms with Crippen LogP contribution in [0.4, 0.5) is 0 Å². The van der Waals surface area contributed by atoms with E-state index in [2.05, 4.69) is 4.83 Å². The Balaban J connectivity index is 2.38. The van der Waals surface area contributed by atoms with Crippen molar-refractivity contribution in [2.75, 3.05) is 4.83 Å². The lowest BCUT2D eigenvalue weighted by Crippen LogP contribution is -2.21. The fourth-order valence-corrected chi connectivity index (χ4v) is 2.70. The van der Waals surface area contributed by atoms with Gasteiger partial charge in [-0.1, -0.05) is 0 Å². The fourth-order valence-electron chi connectivity index (χ4n) is 1.66. The summed E-state index contributed by atoms with van der Waals surface area (Å²) in [6, 6.07) is 4.47. The molecule has 0 amide bonds. The predicted octanol–water partition coefficient (Wildman–Crippen LogP) is 0.940. The first-order valence-corrected chi connectivity index (χ1v) is 7.01. The average Bonchev–Trinajstić information content (AvgIpc) is 2.95. The van der Waals surface area contributed by atoms with Crippen LogP contribution in [0.3, 0.4) is 0 Å². The Morgan fingerprint density at radius 2 is 2.00 bits per heavy atom. The minimum Gasteiger partial charge on any atom is -0.477 e. The van der Waals surface area contributed by atoms with Gasteiger partial charge in [0.05, 0.1) is 0 Å². The highest BCUT2D eigenvalue weighted by Crippen LogP contribution is 2.15. The SMILES string of the molecule is CCn1cc(S(=O)(=O)Nn2cccc2)cc1C(=O)O. The second-order valence-electron chi connectivity index (χ2n) is 3.84. The highest BCUT2D eigenvalue weighted by molar-refractivity contribution is 7.92. The molecule has 8 heteroatoms. The number of carbonyl (C=O) groups is 1. The molecule has 2 N–H and O–H groups in total. The van der Waals surface area contributed by atoms with Crippen LogP contribution < -0.4 is 4.83 Å². The number of aromatic carboxylic acids is 1. The highest BCUT2D eigenvalue weighted by Gasteiger charge is 2.20. The van der Waals surface area contributed by atoms with Crippen LogP contribution in [0.2, 0.25) is 0 Å². The second kappa shape index (κ2) is 4.81. The quantitative estimate of drug-likeness (QED) is 0.854. The van der Waals surface area contributed by atoms with E-state index in [1.54, 1.807) is 19.1 Å². The van der Waals surface area contributed by atoms with Gasteiger partial charge >= 0.3 is 5.97 Å². The highest BCUT2D eigenvalue weighted by atomic mass is 32.2. The zero-order valence-corrected chi connectivity index (χ0v) is 11.0. The molecule has 2 aromatic rings. The van der Waals surface area contributed by atoms with E-state index < -0.39 is 16.0 Å². The molecule has 0 atom stereocenters. The van der Waals surface area contributed by atoms with Gasteiger partial charge in [0.25, 0.3) is 10.0 Å². The first-order valence-electron chi connectivity index (χ1n) is 5.53. The van der Waals surface area contributed by atoms with Crippen LogP contribution in [-0.4, -0.2) is 28.7 Å². The Morgan fingerprint density at radius 3 is 2.47 bits per heavy atom. The number of hydrogen-bond acceptors (Lipinski definition) is 3. The van der Waals surface area contributed by atoms with E-state index >= 15 is 0 Å². The van der Waals surface area contributed by atoms with Crippen molar-refractivity contribution in [2.24, 2.45) is 0 Å². The van der Waals surface area contributed by atoms with Gasteiger partial charge in [0, 0.05) is 25.1 Å². The van der Waals surface area contributed by atoms with Crippen molar-refractivity contribution < 1.29 is 18.3 Å². The van der Waals surface area contributed by atoms with Crippen LogP contribution in [-0.2, 0) is 16.6 Å². The van der Waals surface area contributed by atoms with Gasteiger partial charge in [-0.05, 0) is 25.1 Å². The van der Waals surface area contributed by atoms with Crippen LogP contribution in [0, 0.1) is 0 Å². The summed E-state index contributed by atoms with van der Waals surface area (Å²) in [5.41, 5.74) is -0.0598. The first kappa shape index (κ1) is 13.2. The van der Waals surface area contributed by atoms with Crippen molar-refractivity contribution in [1.29, 1.82) is 0 Å². The third-order valence-corrected chi connectivity index (χ3v) is 3.87. The van der Waals surface area contributed by atoms with Crippen LogP contribution in [0.25, 0.3) is 0 Å². The Morgan fingerprint density at radius 1 is 1.37 bits per heavy atom. The molecule has 0 radical (unpaired) electrons. The molecular weight excluding hydrogens is 270 g/mol. The molecule has 0 aromatic carbocycles. The van der Waals surface area contributed by atoms with Gasteiger partial charge in [-0.3, -0.25) is 4.68 Å². The number of aryl methyl sites for hydroxylation is 1. The zero-order chi connectivity index (χ0) is 14.0. The maximum Gasteiger partial charge on any atom is 0.352 e. The number of carboxylic acid groups (broad SMARTS) is 1. The van der Waals surface area contributed by atoms with Gasteiger partial charge in [-0.15, -0.1) is 0 Å². The van der Waals surface area contributed by atoms with Gasteiger partial charge in [-0.2, -0.15) is 8.42 Å². The Kier molecular flexibility index (Phi) is 3.34. The molecule has 0 aliphatic carbocycles. The number of nitrogens with one attached hydrogen (secondary N) is 1. The summed E-state index contributed by atoms with van der Waals surface area (Å²) in [5.74, 6) is -1.16. The van der Waals surface area contributed by atoms with Gasteiger partial charge < -0.3 is 9.67 Å². The summed E-state index contributed by atoms with van der Waals surface area (Å²) in [6.45, 7) is 2.11. The number of hydrogen-bond donors (Lipinski definition) is 2. The Hall–Kier alpha value is -2.22. The summed E-state index contributed by atoms with van der Waals surface area (Å²) in [7, 11) is -3.80. The molecule has 0 fully saturated rings. The van der Waals surface area contributed by atoms with Crippen LogP contribution in [0.15, 0.2) is 41.7 Å². The lowest BCUT2D eigenvalue weighted by atomic mass is 10.4. The molecule has 0 bridgehead atoms. The van der Waals surface area contributed by atoms with Crippen molar-refractivity contribution in [3.05, 3.63) is 42.5 Å². The summed E-state index contributed by atoms with van der Waals surface area (Å²) in [4.78, 5) is 13.2. The zero-order valence-electron chi connectivity index (χ0n) is 10.1. The molecule has 0 unspecified atom stereocenters. The molecule has 0 aliphatic heterocycles. The lowest BCUT2D eigenvalue weighted by molar-refractivity contribution is 0.0685. The van der Waals surface area contributed by atoms with E-state index in [4.69, 9.17) is 5.11 Å². The summed E-state index contributed by atoms with van der Waals surface area (Å²) >= 11 is 0. The van der Waals surface area contributed by atoms with Crippen molar-refractivity contribution in [2.45, 2.75) is 18.4 Å². The molecule has 102 valence electrons. The van der Waals surface area contributed by atoms with E-state index in [1.165, 1.54) is 27.8 Å². The minimum absolute atomic E-state index is 0.0598. The first-order chi connectivity index (χ1) is 8.94. The molecule has 0 saturated heterocycles. The van der Waals surface area contributed by atoms with E-state index in [0.29, 0.717) is 6.54 Å². The molecular formula is C11H13N3O4S. The molecule has 2 heterocycles. The number of sulfonamides is 1. The summed E-state index contributed by atoms with van der Waals surface area (Å²) in [5, 5.41) is 8.99. The van der Waals surface area contributed by atoms with Gasteiger partial charge in [0.1, 0.15) is 10.6 Å². The number of aromatic nitrogens is 2. The molecule has 0 saturated carbocycles. The molecule has 0 aliphatic rings. The predicted molar refractivity (Wildman–Crippen MR) is 68.0 cm³/mol. The standard InChI is InChI=1S/C11H13N3O4S/c1-2-13-8-9(7-10(13)11(15)16)19(17,18)12-14-5-3-4-6-14/h3-8,12H,2H2,1H3,(H,15,16). The third-order valence-electron chi connectivity index (χ3n) is 2.57. The smallest absolute Gasteiger partial charge is 0.352 e. The summed E-state index contributed by atoms with van der Waals surface area (Å²) < 4.78 is 26.8. The van der Waals surface area contributed by atoms with Crippen LogP contribution in [0.1, 0.15) is 17.4 Å². The maximum atomic E-state index is 12.1. The van der Waals surface area contributed by atoms with E-state index in [9.17, 15) is 13.2 Å². The largest absolute Gasteiger partial charge is 0.477 e. The molecule has 2 rings (SSSR count). The molecule has 2 aromatic heterocycles.